The minimum absolute atomic E-state index is 0.159. The molecule has 0 bridgehead atoms. The van der Waals surface area contributed by atoms with E-state index >= 15 is 0 Å². The maximum Gasteiger partial charge on any atom is 0.231 e. The van der Waals surface area contributed by atoms with Gasteiger partial charge in [-0.15, -0.1) is 10.2 Å². The third kappa shape index (κ3) is 1.76. The molecule has 11 heavy (non-hydrogen) atoms. The van der Waals surface area contributed by atoms with E-state index in [0.29, 0.717) is 10.7 Å². The third-order valence-corrected chi connectivity index (χ3v) is 1.80. The lowest BCUT2D eigenvalue weighted by atomic mass is 10.7. The number of carbonyl (C=O) groups is 1. The summed E-state index contributed by atoms with van der Waals surface area (Å²) in [5.74, 6) is 0.275. The molecule has 0 saturated heterocycles. The molecule has 1 aromatic heterocycles. The number of hydrogen-bond donors (Lipinski definition) is 1. The van der Waals surface area contributed by atoms with Gasteiger partial charge in [0.25, 0.3) is 0 Å². The second kappa shape index (κ2) is 3.00. The van der Waals surface area contributed by atoms with Crippen molar-refractivity contribution in [2.24, 2.45) is 7.05 Å². The second-order valence-corrected chi connectivity index (χ2v) is 2.74. The largest absolute Gasteiger partial charge is 0.295 e. The number of halogens is 1. The Morgan fingerprint density at radius 1 is 1.64 bits per heavy atom. The van der Waals surface area contributed by atoms with Crippen LogP contribution in [0.5, 0.6) is 0 Å². The van der Waals surface area contributed by atoms with Gasteiger partial charge in [0.05, 0.1) is 0 Å². The molecule has 0 aromatic carbocycles. The Balaban J connectivity index is 2.87. The molecule has 0 fully saturated rings. The SMILES string of the molecule is CC(=O)Nc1nnc(Br)n1C. The van der Waals surface area contributed by atoms with Gasteiger partial charge in [-0.2, -0.15) is 0 Å². The van der Waals surface area contributed by atoms with Gasteiger partial charge in [0.2, 0.25) is 16.6 Å². The van der Waals surface area contributed by atoms with Gasteiger partial charge in [-0.1, -0.05) is 0 Å². The Labute approximate surface area is 71.9 Å². The van der Waals surface area contributed by atoms with Gasteiger partial charge in [0, 0.05) is 14.0 Å². The van der Waals surface area contributed by atoms with Crippen LogP contribution in [-0.4, -0.2) is 20.7 Å². The number of rotatable bonds is 1. The van der Waals surface area contributed by atoms with E-state index in [1.54, 1.807) is 11.6 Å². The molecule has 6 heteroatoms. The minimum Gasteiger partial charge on any atom is -0.295 e. The molecule has 0 aliphatic heterocycles. The van der Waals surface area contributed by atoms with Crippen LogP contribution in [0.15, 0.2) is 4.73 Å². The van der Waals surface area contributed by atoms with Gasteiger partial charge < -0.3 is 0 Å². The predicted octanol–water partition coefficient (Wildman–Crippen LogP) is 0.536. The molecule has 0 spiro atoms. The van der Waals surface area contributed by atoms with E-state index in [4.69, 9.17) is 0 Å². The van der Waals surface area contributed by atoms with Gasteiger partial charge in [-0.25, -0.2) is 0 Å². The van der Waals surface area contributed by atoms with Gasteiger partial charge in [0.1, 0.15) is 0 Å². The number of nitrogens with zero attached hydrogens (tertiary/aromatic N) is 3. The van der Waals surface area contributed by atoms with Crippen molar-refractivity contribution in [1.82, 2.24) is 14.8 Å². The highest BCUT2D eigenvalue weighted by Crippen LogP contribution is 2.09. The van der Waals surface area contributed by atoms with E-state index in [1.807, 2.05) is 0 Å². The van der Waals surface area contributed by atoms with E-state index in [2.05, 4.69) is 31.4 Å². The van der Waals surface area contributed by atoms with E-state index in [1.165, 1.54) is 6.92 Å². The highest BCUT2D eigenvalue weighted by Gasteiger charge is 2.05. The molecule has 0 radical (unpaired) electrons. The molecule has 0 aliphatic rings. The summed E-state index contributed by atoms with van der Waals surface area (Å²) in [5.41, 5.74) is 0. The fourth-order valence-electron chi connectivity index (χ4n) is 0.576. The zero-order chi connectivity index (χ0) is 8.43. The van der Waals surface area contributed by atoms with Crippen molar-refractivity contribution < 1.29 is 4.79 Å². The Bertz CT molecular complexity index is 282. The van der Waals surface area contributed by atoms with E-state index in [-0.39, 0.29) is 5.91 Å². The molecule has 1 amide bonds. The van der Waals surface area contributed by atoms with Crippen molar-refractivity contribution in [3.8, 4) is 0 Å². The van der Waals surface area contributed by atoms with Gasteiger partial charge >= 0.3 is 0 Å². The summed E-state index contributed by atoms with van der Waals surface area (Å²) in [6.07, 6.45) is 0. The Morgan fingerprint density at radius 3 is 2.64 bits per heavy atom. The van der Waals surface area contributed by atoms with E-state index in [0.717, 1.165) is 0 Å². The number of carbonyl (C=O) groups excluding carboxylic acids is 1. The topological polar surface area (TPSA) is 59.8 Å². The summed E-state index contributed by atoms with van der Waals surface area (Å²) in [6.45, 7) is 1.42. The molecule has 0 atom stereocenters. The lowest BCUT2D eigenvalue weighted by Gasteiger charge is -1.98. The van der Waals surface area contributed by atoms with Crippen molar-refractivity contribution in [2.45, 2.75) is 6.92 Å². The minimum atomic E-state index is -0.159. The highest BCUT2D eigenvalue weighted by atomic mass is 79.9. The lowest BCUT2D eigenvalue weighted by Crippen LogP contribution is -2.10. The van der Waals surface area contributed by atoms with Crippen LogP contribution in [0.25, 0.3) is 0 Å². The number of nitrogens with one attached hydrogen (secondary N) is 1. The molecule has 1 heterocycles. The average Bonchev–Trinajstić information content (AvgIpc) is 2.18. The summed E-state index contributed by atoms with van der Waals surface area (Å²) in [6, 6.07) is 0. The summed E-state index contributed by atoms with van der Waals surface area (Å²) in [5, 5.41) is 9.89. The van der Waals surface area contributed by atoms with E-state index < -0.39 is 0 Å². The summed E-state index contributed by atoms with van der Waals surface area (Å²) >= 11 is 3.14. The van der Waals surface area contributed by atoms with E-state index in [9.17, 15) is 4.79 Å². The van der Waals surface area contributed by atoms with Crippen molar-refractivity contribution >= 4 is 27.8 Å². The third-order valence-electron chi connectivity index (χ3n) is 1.11. The van der Waals surface area contributed by atoms with Gasteiger partial charge in [-0.3, -0.25) is 14.7 Å². The summed E-state index contributed by atoms with van der Waals surface area (Å²) in [7, 11) is 1.75. The molecule has 1 N–H and O–H groups in total. The van der Waals surface area contributed by atoms with Crippen molar-refractivity contribution in [3.05, 3.63) is 4.73 Å². The standard InChI is InChI=1S/C5H7BrN4O/c1-3(11)7-5-9-8-4(6)10(5)2/h1-2H3,(H,7,9,11). The molecule has 5 nitrogen and oxygen atoms in total. The first-order valence-corrected chi connectivity index (χ1v) is 3.73. The Morgan fingerprint density at radius 2 is 2.27 bits per heavy atom. The summed E-state index contributed by atoms with van der Waals surface area (Å²) in [4.78, 5) is 10.6. The monoisotopic (exact) mass is 218 g/mol. The number of aromatic nitrogens is 3. The van der Waals surface area contributed by atoms with Crippen LogP contribution in [0.1, 0.15) is 6.92 Å². The van der Waals surface area contributed by atoms with Crippen molar-refractivity contribution in [1.29, 1.82) is 0 Å². The average molecular weight is 219 g/mol. The molecule has 0 aliphatic carbocycles. The fourth-order valence-corrected chi connectivity index (χ4v) is 0.824. The predicted molar refractivity (Wildman–Crippen MR) is 43.0 cm³/mol. The molecule has 0 unspecified atom stereocenters. The van der Waals surface area contributed by atoms with Crippen LogP contribution in [-0.2, 0) is 11.8 Å². The Hall–Kier alpha value is -0.910. The zero-order valence-electron chi connectivity index (χ0n) is 6.13. The molecular weight excluding hydrogens is 212 g/mol. The van der Waals surface area contributed by atoms with Gasteiger partial charge in [-0.05, 0) is 15.9 Å². The zero-order valence-corrected chi connectivity index (χ0v) is 7.71. The number of anilines is 1. The first kappa shape index (κ1) is 8.19. The normalized spacial score (nSPS) is 9.73. The first-order valence-electron chi connectivity index (χ1n) is 2.93. The lowest BCUT2D eigenvalue weighted by molar-refractivity contribution is -0.114. The molecule has 0 saturated carbocycles. The summed E-state index contributed by atoms with van der Waals surface area (Å²) < 4.78 is 2.21. The smallest absolute Gasteiger partial charge is 0.231 e. The highest BCUT2D eigenvalue weighted by molar-refractivity contribution is 9.10. The van der Waals surface area contributed by atoms with Crippen LogP contribution in [0.3, 0.4) is 0 Å². The molecule has 60 valence electrons. The van der Waals surface area contributed by atoms with Crippen LogP contribution in [0.2, 0.25) is 0 Å². The van der Waals surface area contributed by atoms with Crippen LogP contribution in [0, 0.1) is 0 Å². The second-order valence-electron chi connectivity index (χ2n) is 2.03. The molecular formula is C5H7BrN4O. The van der Waals surface area contributed by atoms with Gasteiger partial charge in [0.15, 0.2) is 0 Å². The van der Waals surface area contributed by atoms with Crippen LogP contribution < -0.4 is 5.32 Å². The maximum absolute atomic E-state index is 10.6. The molecule has 1 aromatic rings. The number of amides is 1. The van der Waals surface area contributed by atoms with Crippen molar-refractivity contribution in [3.63, 3.8) is 0 Å². The number of hydrogen-bond acceptors (Lipinski definition) is 3. The fraction of sp³-hybridized carbons (Fsp3) is 0.400. The quantitative estimate of drug-likeness (QED) is 0.749. The molecule has 1 rings (SSSR count). The van der Waals surface area contributed by atoms with Crippen molar-refractivity contribution in [2.75, 3.05) is 5.32 Å². The first-order chi connectivity index (χ1) is 5.11. The Kier molecular flexibility index (Phi) is 2.23. The van der Waals surface area contributed by atoms with Crippen LogP contribution >= 0.6 is 15.9 Å². The van der Waals surface area contributed by atoms with Crippen LogP contribution in [0.4, 0.5) is 5.95 Å². The maximum atomic E-state index is 10.6.